The van der Waals surface area contributed by atoms with Crippen LogP contribution in [0.5, 0.6) is 0 Å². The number of carbonyl (C=O) groups is 2. The molecule has 2 aliphatic heterocycles. The first kappa shape index (κ1) is 22.6. The van der Waals surface area contributed by atoms with E-state index in [1.165, 1.54) is 17.0 Å². The number of rotatable bonds is 5. The maximum Gasteiger partial charge on any atom is 0.269 e. The molecule has 4 aromatic carbocycles. The van der Waals surface area contributed by atoms with E-state index < -0.39 is 34.3 Å². The molecule has 0 aromatic heterocycles. The molecule has 4 aromatic rings. The van der Waals surface area contributed by atoms with Gasteiger partial charge in [0.25, 0.3) is 11.6 Å². The zero-order valence-electron chi connectivity index (χ0n) is 19.5. The van der Waals surface area contributed by atoms with Crippen molar-refractivity contribution in [2.75, 3.05) is 9.96 Å². The van der Waals surface area contributed by atoms with Crippen molar-refractivity contribution in [3.63, 3.8) is 0 Å². The first-order valence-electron chi connectivity index (χ1n) is 11.8. The lowest BCUT2D eigenvalue weighted by Gasteiger charge is -2.35. The van der Waals surface area contributed by atoms with Gasteiger partial charge in [0.2, 0.25) is 5.91 Å². The molecule has 0 N–H and O–H groups in total. The molecule has 182 valence electrons. The van der Waals surface area contributed by atoms with Crippen LogP contribution >= 0.6 is 0 Å². The summed E-state index contributed by atoms with van der Waals surface area (Å²) in [7, 11) is 0. The lowest BCUT2D eigenvalue weighted by atomic mass is 9.69. The molecule has 2 aliphatic rings. The number of benzene rings is 4. The number of nitro groups is 1. The number of hydrogen-bond donors (Lipinski definition) is 0. The van der Waals surface area contributed by atoms with E-state index in [2.05, 4.69) is 0 Å². The zero-order valence-corrected chi connectivity index (χ0v) is 19.5. The van der Waals surface area contributed by atoms with Gasteiger partial charge in [-0.05, 0) is 35.4 Å². The SMILES string of the molecule is O=C1C2ON(c3ccccc3)C(c3ccccc3)C2(c2ccc([N+](=O)[O-])cc2)C(=O)N1c1ccccc1. The molecule has 0 aliphatic carbocycles. The van der Waals surface area contributed by atoms with Crippen LogP contribution in [0, 0.1) is 10.1 Å². The number of para-hydroxylation sites is 2. The van der Waals surface area contributed by atoms with Crippen molar-refractivity contribution in [1.29, 1.82) is 0 Å². The van der Waals surface area contributed by atoms with Gasteiger partial charge in [-0.15, -0.1) is 0 Å². The van der Waals surface area contributed by atoms with Gasteiger partial charge in [0, 0.05) is 12.1 Å². The fourth-order valence-corrected chi connectivity index (χ4v) is 5.39. The molecule has 6 rings (SSSR count). The molecule has 3 unspecified atom stereocenters. The van der Waals surface area contributed by atoms with Gasteiger partial charge in [-0.2, -0.15) is 0 Å². The molecule has 2 fully saturated rings. The Morgan fingerprint density at radius 2 is 1.27 bits per heavy atom. The predicted octanol–water partition coefficient (Wildman–Crippen LogP) is 4.97. The topological polar surface area (TPSA) is 93.0 Å². The number of anilines is 2. The van der Waals surface area contributed by atoms with Gasteiger partial charge >= 0.3 is 0 Å². The minimum atomic E-state index is -1.50. The molecule has 8 heteroatoms. The minimum Gasteiger partial charge on any atom is -0.273 e. The van der Waals surface area contributed by atoms with Crippen LogP contribution in [0.15, 0.2) is 115 Å². The standard InChI is InChI=1S/C29H21N3O5/c33-27-26-29(21-16-18-24(19-17-21)32(35)36,28(34)30(27)22-12-6-2-7-13-22)25(20-10-4-1-5-11-20)31(37-26)23-14-8-3-9-15-23/h1-19,25-26H. The second-order valence-electron chi connectivity index (χ2n) is 8.95. The summed E-state index contributed by atoms with van der Waals surface area (Å²) < 4.78 is 0. The Bertz CT molecular complexity index is 1480. The number of fused-ring (bicyclic) bond motifs is 1. The predicted molar refractivity (Wildman–Crippen MR) is 137 cm³/mol. The van der Waals surface area contributed by atoms with Crippen LogP contribution in [-0.2, 0) is 19.8 Å². The third-order valence-electron chi connectivity index (χ3n) is 7.00. The summed E-state index contributed by atoms with van der Waals surface area (Å²) in [4.78, 5) is 47.0. The molecule has 37 heavy (non-hydrogen) atoms. The van der Waals surface area contributed by atoms with Gasteiger partial charge in [-0.25, -0.2) is 9.96 Å². The van der Waals surface area contributed by atoms with Gasteiger partial charge in [0.1, 0.15) is 11.5 Å². The average molecular weight is 492 g/mol. The zero-order chi connectivity index (χ0) is 25.6. The molecule has 0 bridgehead atoms. The van der Waals surface area contributed by atoms with E-state index in [9.17, 15) is 19.7 Å². The van der Waals surface area contributed by atoms with Crippen molar-refractivity contribution in [2.24, 2.45) is 0 Å². The van der Waals surface area contributed by atoms with E-state index in [1.807, 2.05) is 66.7 Å². The van der Waals surface area contributed by atoms with Crippen molar-refractivity contribution in [1.82, 2.24) is 0 Å². The largest absolute Gasteiger partial charge is 0.273 e. The van der Waals surface area contributed by atoms with Crippen LogP contribution in [0.3, 0.4) is 0 Å². The van der Waals surface area contributed by atoms with E-state index in [1.54, 1.807) is 41.5 Å². The summed E-state index contributed by atoms with van der Waals surface area (Å²) in [6.07, 6.45) is -1.19. The van der Waals surface area contributed by atoms with Crippen molar-refractivity contribution in [2.45, 2.75) is 17.6 Å². The van der Waals surface area contributed by atoms with Gasteiger partial charge in [-0.1, -0.05) is 78.9 Å². The number of imide groups is 1. The first-order valence-corrected chi connectivity index (χ1v) is 11.8. The van der Waals surface area contributed by atoms with Crippen molar-refractivity contribution >= 4 is 28.9 Å². The highest BCUT2D eigenvalue weighted by molar-refractivity contribution is 6.28. The number of hydrogen-bond acceptors (Lipinski definition) is 6. The van der Waals surface area contributed by atoms with Gasteiger partial charge in [0.05, 0.1) is 16.3 Å². The summed E-state index contributed by atoms with van der Waals surface area (Å²) in [6.45, 7) is 0. The molecule has 0 radical (unpaired) electrons. The molecule has 2 heterocycles. The minimum absolute atomic E-state index is 0.108. The number of nitrogens with zero attached hydrogens (tertiary/aromatic N) is 3. The summed E-state index contributed by atoms with van der Waals surface area (Å²) >= 11 is 0. The van der Waals surface area contributed by atoms with Gasteiger partial charge in [0.15, 0.2) is 6.10 Å². The fraction of sp³-hybridized carbons (Fsp3) is 0.103. The molecule has 3 atom stereocenters. The van der Waals surface area contributed by atoms with Crippen LogP contribution in [0.4, 0.5) is 17.1 Å². The Balaban J connectivity index is 1.62. The van der Waals surface area contributed by atoms with Crippen LogP contribution < -0.4 is 9.96 Å². The van der Waals surface area contributed by atoms with E-state index in [0.717, 1.165) is 5.56 Å². The monoisotopic (exact) mass is 491 g/mol. The summed E-state index contributed by atoms with van der Waals surface area (Å²) in [6, 6.07) is 32.5. The number of nitro benzene ring substituents is 1. The highest BCUT2D eigenvalue weighted by Gasteiger charge is 2.72. The second kappa shape index (κ2) is 8.69. The third-order valence-corrected chi connectivity index (χ3v) is 7.00. The second-order valence-corrected chi connectivity index (χ2v) is 8.95. The Labute approximate surface area is 212 Å². The van der Waals surface area contributed by atoms with E-state index >= 15 is 0 Å². The highest BCUT2D eigenvalue weighted by Crippen LogP contribution is 2.57. The van der Waals surface area contributed by atoms with Gasteiger partial charge in [-0.3, -0.25) is 24.5 Å². The van der Waals surface area contributed by atoms with E-state index in [-0.39, 0.29) is 5.69 Å². The number of amides is 2. The van der Waals surface area contributed by atoms with Crippen molar-refractivity contribution < 1.29 is 19.3 Å². The lowest BCUT2D eigenvalue weighted by molar-refractivity contribution is -0.384. The summed E-state index contributed by atoms with van der Waals surface area (Å²) in [5.41, 5.74) is 0.742. The Morgan fingerprint density at radius 1 is 0.730 bits per heavy atom. The first-order chi connectivity index (χ1) is 18.0. The molecular formula is C29H21N3O5. The average Bonchev–Trinajstić information content (AvgIpc) is 3.41. The van der Waals surface area contributed by atoms with Crippen LogP contribution in [0.2, 0.25) is 0 Å². The molecule has 2 amide bonds. The normalized spacial score (nSPS) is 22.8. The Hall–Kier alpha value is -4.82. The maximum absolute atomic E-state index is 14.6. The highest BCUT2D eigenvalue weighted by atomic mass is 16.7. The number of carbonyl (C=O) groups excluding carboxylic acids is 2. The molecule has 8 nitrogen and oxygen atoms in total. The third kappa shape index (κ3) is 3.34. The number of hydroxylamine groups is 1. The molecular weight excluding hydrogens is 470 g/mol. The summed E-state index contributed by atoms with van der Waals surface area (Å²) in [5.74, 6) is -0.941. The van der Waals surface area contributed by atoms with Crippen LogP contribution in [-0.4, -0.2) is 22.8 Å². The lowest BCUT2D eigenvalue weighted by Crippen LogP contribution is -2.46. The molecule has 0 saturated carbocycles. The van der Waals surface area contributed by atoms with E-state index in [0.29, 0.717) is 16.9 Å². The maximum atomic E-state index is 14.6. The molecule has 2 saturated heterocycles. The van der Waals surface area contributed by atoms with Crippen molar-refractivity contribution in [3.05, 3.63) is 137 Å². The smallest absolute Gasteiger partial charge is 0.269 e. The fourth-order valence-electron chi connectivity index (χ4n) is 5.39. The van der Waals surface area contributed by atoms with Crippen LogP contribution in [0.1, 0.15) is 17.2 Å². The number of non-ortho nitro benzene ring substituents is 1. The van der Waals surface area contributed by atoms with Crippen LogP contribution in [0.25, 0.3) is 0 Å². The molecule has 0 spiro atoms. The van der Waals surface area contributed by atoms with Crippen molar-refractivity contribution in [3.8, 4) is 0 Å². The Morgan fingerprint density at radius 3 is 1.84 bits per heavy atom. The summed E-state index contributed by atoms with van der Waals surface area (Å²) in [5, 5.41) is 13.0. The van der Waals surface area contributed by atoms with Gasteiger partial charge < -0.3 is 0 Å². The van der Waals surface area contributed by atoms with E-state index in [4.69, 9.17) is 4.84 Å². The quantitative estimate of drug-likeness (QED) is 0.222. The Kier molecular flexibility index (Phi) is 5.31.